The van der Waals surface area contributed by atoms with Gasteiger partial charge in [0.1, 0.15) is 11.4 Å². The number of para-hydroxylation sites is 3. The number of nitrogens with zero attached hydrogens (tertiary/aromatic N) is 4. The second-order valence-corrected chi connectivity index (χ2v) is 9.27. The molecule has 0 radical (unpaired) electrons. The van der Waals surface area contributed by atoms with Crippen LogP contribution in [0.1, 0.15) is 18.1 Å². The normalized spacial score (nSPS) is 12.1. The number of aromatic nitrogens is 4. The first-order chi connectivity index (χ1) is 17.1. The van der Waals surface area contributed by atoms with E-state index in [0.717, 1.165) is 44.9 Å². The standard InChI is InChI=1S/C28H22N4O2S/c1-3-34-21-13-14-22(18(2)15-21)26-19(17-31(30-26)20-9-5-4-6-10-20)16-25-27(33)32-24-12-8-7-11-23(24)29-28(32)35-25/h4-17H,3H2,1-2H3/b25-16+. The van der Waals surface area contributed by atoms with Crippen molar-refractivity contribution in [3.63, 3.8) is 0 Å². The molecular weight excluding hydrogens is 456 g/mol. The predicted molar refractivity (Wildman–Crippen MR) is 141 cm³/mol. The molecule has 0 aliphatic heterocycles. The molecule has 0 aliphatic rings. The minimum absolute atomic E-state index is 0.0690. The van der Waals surface area contributed by atoms with Gasteiger partial charge in [-0.2, -0.15) is 5.10 Å². The van der Waals surface area contributed by atoms with E-state index in [1.54, 1.807) is 4.40 Å². The monoisotopic (exact) mass is 478 g/mol. The van der Waals surface area contributed by atoms with Crippen molar-refractivity contribution in [1.82, 2.24) is 19.2 Å². The number of rotatable bonds is 5. The number of aryl methyl sites for hydroxylation is 1. The maximum absolute atomic E-state index is 13.4. The highest BCUT2D eigenvalue weighted by Crippen LogP contribution is 2.30. The van der Waals surface area contributed by atoms with Crippen LogP contribution in [0.2, 0.25) is 0 Å². The van der Waals surface area contributed by atoms with Gasteiger partial charge in [-0.25, -0.2) is 14.1 Å². The third kappa shape index (κ3) is 3.70. The fourth-order valence-corrected chi connectivity index (χ4v) is 5.30. The molecule has 0 amide bonds. The molecule has 0 N–H and O–H groups in total. The SMILES string of the molecule is CCOc1ccc(-c2nn(-c3ccccc3)cc2/C=c2/sc3nc4ccccc4n3c2=O)c(C)c1. The van der Waals surface area contributed by atoms with E-state index >= 15 is 0 Å². The number of fused-ring (bicyclic) bond motifs is 3. The summed E-state index contributed by atoms with van der Waals surface area (Å²) in [5.74, 6) is 0.829. The number of benzene rings is 3. The zero-order valence-corrected chi connectivity index (χ0v) is 20.1. The van der Waals surface area contributed by atoms with Gasteiger partial charge in [-0.15, -0.1) is 0 Å². The number of ether oxygens (including phenoxy) is 1. The fourth-order valence-electron chi connectivity index (χ4n) is 4.33. The topological polar surface area (TPSA) is 61.4 Å². The summed E-state index contributed by atoms with van der Waals surface area (Å²) in [5.41, 5.74) is 6.26. The van der Waals surface area contributed by atoms with Gasteiger partial charge in [0.2, 0.25) is 0 Å². The van der Waals surface area contributed by atoms with Crippen LogP contribution in [-0.2, 0) is 0 Å². The van der Waals surface area contributed by atoms with Crippen molar-refractivity contribution in [2.24, 2.45) is 0 Å². The largest absolute Gasteiger partial charge is 0.494 e. The van der Waals surface area contributed by atoms with Gasteiger partial charge < -0.3 is 4.74 Å². The smallest absolute Gasteiger partial charge is 0.274 e. The fraction of sp³-hybridized carbons (Fsp3) is 0.107. The lowest BCUT2D eigenvalue weighted by molar-refractivity contribution is 0.340. The molecule has 0 saturated carbocycles. The summed E-state index contributed by atoms with van der Waals surface area (Å²) >= 11 is 1.39. The van der Waals surface area contributed by atoms with Crippen LogP contribution in [0.3, 0.4) is 0 Å². The summed E-state index contributed by atoms with van der Waals surface area (Å²) in [6.45, 7) is 4.63. The summed E-state index contributed by atoms with van der Waals surface area (Å²) in [5, 5.41) is 4.93. The van der Waals surface area contributed by atoms with E-state index in [0.29, 0.717) is 16.1 Å². The Morgan fingerprint density at radius 3 is 2.63 bits per heavy atom. The first-order valence-electron chi connectivity index (χ1n) is 11.4. The molecule has 7 heteroatoms. The second-order valence-electron chi connectivity index (χ2n) is 8.26. The van der Waals surface area contributed by atoms with Crippen LogP contribution in [0, 0.1) is 6.92 Å². The first-order valence-corrected chi connectivity index (χ1v) is 12.2. The van der Waals surface area contributed by atoms with Gasteiger partial charge in [0.25, 0.3) is 5.56 Å². The molecule has 35 heavy (non-hydrogen) atoms. The van der Waals surface area contributed by atoms with E-state index in [1.807, 2.05) is 104 Å². The molecule has 3 heterocycles. The molecule has 0 spiro atoms. The van der Waals surface area contributed by atoms with Crippen molar-refractivity contribution in [1.29, 1.82) is 0 Å². The molecule has 0 unspecified atom stereocenters. The molecule has 0 fully saturated rings. The summed E-state index contributed by atoms with van der Waals surface area (Å²) in [6, 6.07) is 23.7. The lowest BCUT2D eigenvalue weighted by Crippen LogP contribution is -2.22. The van der Waals surface area contributed by atoms with E-state index in [1.165, 1.54) is 11.3 Å². The maximum Gasteiger partial charge on any atom is 0.274 e. The third-order valence-corrected chi connectivity index (χ3v) is 6.93. The van der Waals surface area contributed by atoms with Crippen molar-refractivity contribution in [2.45, 2.75) is 13.8 Å². The molecule has 0 atom stereocenters. The summed E-state index contributed by atoms with van der Waals surface area (Å²) < 4.78 is 9.84. The Kier molecular flexibility index (Phi) is 5.19. The van der Waals surface area contributed by atoms with Gasteiger partial charge in [-0.3, -0.25) is 4.79 Å². The van der Waals surface area contributed by atoms with Crippen LogP contribution >= 0.6 is 11.3 Å². The Hall–Kier alpha value is -4.23. The number of thiazole rings is 1. The van der Waals surface area contributed by atoms with Gasteiger partial charge in [0.05, 0.1) is 27.9 Å². The predicted octanol–water partition coefficient (Wildman–Crippen LogP) is 5.02. The molecule has 6 rings (SSSR count). The zero-order valence-electron chi connectivity index (χ0n) is 19.3. The quantitative estimate of drug-likeness (QED) is 0.349. The van der Waals surface area contributed by atoms with Crippen molar-refractivity contribution in [3.05, 3.63) is 105 Å². The Bertz CT molecular complexity index is 1800. The minimum Gasteiger partial charge on any atom is -0.494 e. The van der Waals surface area contributed by atoms with Crippen LogP contribution in [-0.4, -0.2) is 25.8 Å². The van der Waals surface area contributed by atoms with Crippen molar-refractivity contribution >= 4 is 33.4 Å². The van der Waals surface area contributed by atoms with Gasteiger partial charge >= 0.3 is 0 Å². The second kappa shape index (κ2) is 8.52. The molecule has 0 bridgehead atoms. The molecule has 0 saturated heterocycles. The Balaban J connectivity index is 1.56. The average molecular weight is 479 g/mol. The lowest BCUT2D eigenvalue weighted by Gasteiger charge is -2.08. The first kappa shape index (κ1) is 21.3. The molecule has 6 nitrogen and oxygen atoms in total. The van der Waals surface area contributed by atoms with E-state index in [-0.39, 0.29) is 5.56 Å². The zero-order chi connectivity index (χ0) is 23.9. The number of imidazole rings is 1. The van der Waals surface area contributed by atoms with Crippen LogP contribution in [0.25, 0.3) is 39.0 Å². The van der Waals surface area contributed by atoms with Crippen LogP contribution < -0.4 is 14.8 Å². The molecule has 6 aromatic rings. The molecule has 3 aromatic heterocycles. The van der Waals surface area contributed by atoms with Gasteiger partial charge in [0.15, 0.2) is 4.96 Å². The van der Waals surface area contributed by atoms with Crippen molar-refractivity contribution in [2.75, 3.05) is 6.61 Å². The van der Waals surface area contributed by atoms with Crippen LogP contribution in [0.4, 0.5) is 0 Å². The average Bonchev–Trinajstić information content (AvgIpc) is 3.53. The van der Waals surface area contributed by atoms with Gasteiger partial charge in [-0.05, 0) is 68.0 Å². The molecule has 3 aromatic carbocycles. The Labute approximate surface area is 205 Å². The lowest BCUT2D eigenvalue weighted by atomic mass is 10.0. The maximum atomic E-state index is 13.4. The highest BCUT2D eigenvalue weighted by atomic mass is 32.1. The number of hydrogen-bond acceptors (Lipinski definition) is 5. The molecular formula is C28H22N4O2S. The van der Waals surface area contributed by atoms with E-state index in [9.17, 15) is 4.79 Å². The minimum atomic E-state index is -0.0690. The van der Waals surface area contributed by atoms with E-state index < -0.39 is 0 Å². The highest BCUT2D eigenvalue weighted by molar-refractivity contribution is 7.15. The van der Waals surface area contributed by atoms with Gasteiger partial charge in [-0.1, -0.05) is 41.7 Å². The molecule has 172 valence electrons. The third-order valence-electron chi connectivity index (χ3n) is 5.96. The highest BCUT2D eigenvalue weighted by Gasteiger charge is 2.16. The van der Waals surface area contributed by atoms with E-state index in [2.05, 4.69) is 4.98 Å². The summed E-state index contributed by atoms with van der Waals surface area (Å²) in [7, 11) is 0. The Morgan fingerprint density at radius 1 is 1.03 bits per heavy atom. The van der Waals surface area contributed by atoms with Crippen molar-refractivity contribution < 1.29 is 4.74 Å². The summed E-state index contributed by atoms with van der Waals surface area (Å²) in [4.78, 5) is 18.7. The van der Waals surface area contributed by atoms with Crippen LogP contribution in [0.5, 0.6) is 5.75 Å². The van der Waals surface area contributed by atoms with Crippen molar-refractivity contribution in [3.8, 4) is 22.7 Å². The van der Waals surface area contributed by atoms with Crippen LogP contribution in [0.15, 0.2) is 83.8 Å². The van der Waals surface area contributed by atoms with Gasteiger partial charge in [0, 0.05) is 17.3 Å². The summed E-state index contributed by atoms with van der Waals surface area (Å²) in [6.07, 6.45) is 3.90. The molecule has 0 aliphatic carbocycles. The Morgan fingerprint density at radius 2 is 1.83 bits per heavy atom. The number of hydrogen-bond donors (Lipinski definition) is 0. The van der Waals surface area contributed by atoms with E-state index in [4.69, 9.17) is 9.84 Å².